The van der Waals surface area contributed by atoms with Gasteiger partial charge in [0, 0.05) is 31.7 Å². The molecule has 1 saturated heterocycles. The molecule has 2 bridgehead atoms. The monoisotopic (exact) mass is 435 g/mol. The third-order valence-corrected chi connectivity index (χ3v) is 8.88. The van der Waals surface area contributed by atoms with Crippen molar-refractivity contribution in [2.75, 3.05) is 20.2 Å². The summed E-state index contributed by atoms with van der Waals surface area (Å²) in [6.45, 7) is 1.80. The number of rotatable bonds is 5. The lowest BCUT2D eigenvalue weighted by Gasteiger charge is -2.62. The van der Waals surface area contributed by atoms with E-state index in [1.807, 2.05) is 6.07 Å². The first kappa shape index (κ1) is 19.3. The lowest BCUT2D eigenvalue weighted by atomic mass is 9.49. The molecule has 8 nitrogen and oxygen atoms in total. The fourth-order valence-corrected chi connectivity index (χ4v) is 6.95. The molecule has 9 heteroatoms. The lowest BCUT2D eigenvalue weighted by Crippen LogP contribution is -2.76. The van der Waals surface area contributed by atoms with Crippen LogP contribution in [0.2, 0.25) is 0 Å². The summed E-state index contributed by atoms with van der Waals surface area (Å²) in [6, 6.07) is 3.43. The fourth-order valence-electron chi connectivity index (χ4n) is 6.49. The van der Waals surface area contributed by atoms with E-state index in [0.717, 1.165) is 31.3 Å². The Labute approximate surface area is 174 Å². The van der Waals surface area contributed by atoms with E-state index in [0.29, 0.717) is 30.9 Å². The van der Waals surface area contributed by atoms with Gasteiger partial charge in [-0.05, 0) is 56.2 Å². The Morgan fingerprint density at radius 3 is 2.87 bits per heavy atom. The highest BCUT2D eigenvalue weighted by molar-refractivity contribution is 7.47. The summed E-state index contributed by atoms with van der Waals surface area (Å²) in [7, 11) is -3.20. The van der Waals surface area contributed by atoms with Crippen molar-refractivity contribution in [1.29, 1.82) is 0 Å². The number of carbonyl (C=O) groups is 1. The molecule has 5 aliphatic rings. The average Bonchev–Trinajstić information content (AvgIpc) is 3.45. The molecule has 3 aliphatic carbocycles. The highest BCUT2D eigenvalue weighted by Gasteiger charge is 2.73. The second-order valence-corrected chi connectivity index (χ2v) is 10.9. The number of piperidine rings is 1. The van der Waals surface area contributed by atoms with Gasteiger partial charge in [0.2, 0.25) is 0 Å². The van der Waals surface area contributed by atoms with E-state index in [-0.39, 0.29) is 24.0 Å². The molecule has 0 amide bonds. The quantitative estimate of drug-likeness (QED) is 0.677. The number of aliphatic hydroxyl groups is 1. The summed E-state index contributed by atoms with van der Waals surface area (Å²) >= 11 is 0. The van der Waals surface area contributed by atoms with Gasteiger partial charge < -0.3 is 14.4 Å². The number of carbonyl (C=O) groups excluding carboxylic acids is 1. The van der Waals surface area contributed by atoms with Gasteiger partial charge in [-0.3, -0.25) is 19.1 Å². The first-order chi connectivity index (χ1) is 14.3. The Bertz CT molecular complexity index is 994. The molecule has 2 saturated carbocycles. The molecule has 2 heterocycles. The predicted molar refractivity (Wildman–Crippen MR) is 106 cm³/mol. The maximum Gasteiger partial charge on any atom is 0.527 e. The SMILES string of the molecule is COP(=O)(O)Oc1ccc2c3c1O[C@H]1C(=O)CC[C@@]4(O)C(C2)N(CC2CC2)CC[C@]314. The molecule has 0 radical (unpaired) electrons. The molecule has 1 aromatic rings. The van der Waals surface area contributed by atoms with Gasteiger partial charge in [0.05, 0.1) is 11.0 Å². The Morgan fingerprint density at radius 2 is 2.13 bits per heavy atom. The van der Waals surface area contributed by atoms with E-state index >= 15 is 0 Å². The van der Waals surface area contributed by atoms with Crippen LogP contribution in [0.25, 0.3) is 0 Å². The zero-order chi connectivity index (χ0) is 20.9. The third-order valence-electron chi connectivity index (χ3n) is 7.99. The highest BCUT2D eigenvalue weighted by Crippen LogP contribution is 2.65. The zero-order valence-corrected chi connectivity index (χ0v) is 17.8. The van der Waals surface area contributed by atoms with Crippen LogP contribution in [0.15, 0.2) is 12.1 Å². The summed E-state index contributed by atoms with van der Waals surface area (Å²) in [5.41, 5.74) is -0.0874. The number of phosphoric ester groups is 1. The number of Topliss-reactive ketones (excluding diaryl/α,β-unsaturated/α-hetero) is 1. The Balaban J connectivity index is 1.52. The third kappa shape index (κ3) is 2.37. The van der Waals surface area contributed by atoms with Gasteiger partial charge in [-0.1, -0.05) is 6.07 Å². The second-order valence-electron chi connectivity index (χ2n) is 9.44. The molecular weight excluding hydrogens is 409 g/mol. The molecular formula is C21H26NO7P. The van der Waals surface area contributed by atoms with Gasteiger partial charge in [-0.25, -0.2) is 4.57 Å². The van der Waals surface area contributed by atoms with Gasteiger partial charge in [0.15, 0.2) is 23.4 Å². The normalized spacial score (nSPS) is 38.6. The molecule has 2 unspecified atom stereocenters. The molecule has 2 aliphatic heterocycles. The van der Waals surface area contributed by atoms with Crippen molar-refractivity contribution in [3.8, 4) is 11.5 Å². The summed E-state index contributed by atoms with van der Waals surface area (Å²) in [4.78, 5) is 25.2. The number of ketones is 1. The van der Waals surface area contributed by atoms with E-state index in [4.69, 9.17) is 9.26 Å². The van der Waals surface area contributed by atoms with E-state index in [1.165, 1.54) is 12.8 Å². The van der Waals surface area contributed by atoms with Crippen molar-refractivity contribution in [2.45, 2.75) is 61.7 Å². The van der Waals surface area contributed by atoms with Crippen LogP contribution in [0.1, 0.15) is 43.2 Å². The molecule has 5 atom stereocenters. The van der Waals surface area contributed by atoms with E-state index < -0.39 is 24.9 Å². The molecule has 30 heavy (non-hydrogen) atoms. The topological polar surface area (TPSA) is 106 Å². The lowest BCUT2D eigenvalue weighted by molar-refractivity contribution is -0.188. The number of ether oxygens (including phenoxy) is 1. The smallest absolute Gasteiger partial charge is 0.477 e. The Kier molecular flexibility index (Phi) is 3.90. The molecule has 1 spiro atoms. The van der Waals surface area contributed by atoms with Crippen molar-refractivity contribution in [2.24, 2.45) is 5.92 Å². The number of hydrogen-bond acceptors (Lipinski definition) is 7. The Hall–Kier alpha value is -1.44. The summed E-state index contributed by atoms with van der Waals surface area (Å²) in [5, 5.41) is 12.2. The van der Waals surface area contributed by atoms with E-state index in [2.05, 4.69) is 9.42 Å². The van der Waals surface area contributed by atoms with Crippen LogP contribution in [-0.4, -0.2) is 58.6 Å². The molecule has 162 valence electrons. The molecule has 0 aromatic heterocycles. The second kappa shape index (κ2) is 6.08. The summed E-state index contributed by atoms with van der Waals surface area (Å²) in [6.07, 6.45) is 3.68. The minimum Gasteiger partial charge on any atom is -0.477 e. The fraction of sp³-hybridized carbons (Fsp3) is 0.667. The number of likely N-dealkylation sites (tertiary alicyclic amines) is 1. The maximum atomic E-state index is 13.0. The Morgan fingerprint density at radius 1 is 1.33 bits per heavy atom. The van der Waals surface area contributed by atoms with Crippen LogP contribution in [0, 0.1) is 5.92 Å². The largest absolute Gasteiger partial charge is 0.527 e. The van der Waals surface area contributed by atoms with Crippen molar-refractivity contribution < 1.29 is 33.1 Å². The predicted octanol–water partition coefficient (Wildman–Crippen LogP) is 1.95. The minimum atomic E-state index is -4.30. The van der Waals surface area contributed by atoms with Gasteiger partial charge in [0.25, 0.3) is 0 Å². The van der Waals surface area contributed by atoms with Crippen molar-refractivity contribution >= 4 is 13.6 Å². The minimum absolute atomic E-state index is 0.0250. The van der Waals surface area contributed by atoms with Crippen molar-refractivity contribution in [3.05, 3.63) is 23.3 Å². The number of hydrogen-bond donors (Lipinski definition) is 2. The van der Waals surface area contributed by atoms with Crippen LogP contribution in [0.5, 0.6) is 11.5 Å². The number of phosphoric acid groups is 1. The van der Waals surface area contributed by atoms with Crippen LogP contribution in [0.4, 0.5) is 0 Å². The number of nitrogens with zero attached hydrogens (tertiary/aromatic N) is 1. The molecule has 6 rings (SSSR count). The van der Waals surface area contributed by atoms with E-state index in [9.17, 15) is 19.4 Å². The van der Waals surface area contributed by atoms with E-state index in [1.54, 1.807) is 6.07 Å². The average molecular weight is 435 g/mol. The van der Waals surface area contributed by atoms with Crippen LogP contribution >= 0.6 is 7.82 Å². The standard InChI is InChI=1S/C21H26NO7P/c1-27-30(25,26)29-15-5-4-13-10-16-21(24)7-6-14(23)19-20(21,17(13)18(15)28-19)8-9-22(16)11-12-2-3-12/h4-5,12,16,19,24H,2-3,6-11H2,1H3,(H,25,26)/t16?,19-,20-,21+/m0/s1. The first-order valence-corrected chi connectivity index (χ1v) is 12.2. The summed E-state index contributed by atoms with van der Waals surface area (Å²) in [5.74, 6) is 1.08. The molecule has 1 aromatic carbocycles. The summed E-state index contributed by atoms with van der Waals surface area (Å²) < 4.78 is 28.1. The maximum absolute atomic E-state index is 13.0. The van der Waals surface area contributed by atoms with Crippen LogP contribution in [-0.2, 0) is 25.7 Å². The van der Waals surface area contributed by atoms with Gasteiger partial charge in [-0.2, -0.15) is 0 Å². The van der Waals surface area contributed by atoms with Gasteiger partial charge in [0.1, 0.15) is 0 Å². The van der Waals surface area contributed by atoms with Crippen LogP contribution < -0.4 is 9.26 Å². The highest BCUT2D eigenvalue weighted by atomic mass is 31.2. The van der Waals surface area contributed by atoms with Crippen molar-refractivity contribution in [3.63, 3.8) is 0 Å². The van der Waals surface area contributed by atoms with Gasteiger partial charge >= 0.3 is 7.82 Å². The molecule has 3 fully saturated rings. The zero-order valence-electron chi connectivity index (χ0n) is 16.9. The first-order valence-electron chi connectivity index (χ1n) is 10.7. The van der Waals surface area contributed by atoms with Crippen molar-refractivity contribution in [1.82, 2.24) is 4.90 Å². The van der Waals surface area contributed by atoms with Gasteiger partial charge in [-0.15, -0.1) is 0 Å². The van der Waals surface area contributed by atoms with Crippen LogP contribution in [0.3, 0.4) is 0 Å². The number of benzene rings is 1. The molecule has 2 N–H and O–H groups in total.